The first-order valence-corrected chi connectivity index (χ1v) is 9.48. The second-order valence-corrected chi connectivity index (χ2v) is 7.07. The number of nitrogens with zero attached hydrogens (tertiary/aromatic N) is 2. The van der Waals surface area contributed by atoms with E-state index in [2.05, 4.69) is 41.0 Å². The molecule has 0 bridgehead atoms. The van der Waals surface area contributed by atoms with E-state index in [1.807, 2.05) is 36.7 Å². The largest absolute Gasteiger partial charge is 0.360 e. The lowest BCUT2D eigenvalue weighted by Crippen LogP contribution is -2.36. The normalized spacial score (nSPS) is 17.7. The number of aromatic nitrogens is 2. The predicted octanol–water partition coefficient (Wildman–Crippen LogP) is 5.38. The van der Waals surface area contributed by atoms with Gasteiger partial charge in [-0.1, -0.05) is 13.0 Å². The van der Waals surface area contributed by atoms with Crippen molar-refractivity contribution in [2.45, 2.75) is 26.3 Å². The van der Waals surface area contributed by atoms with Crippen molar-refractivity contribution in [2.24, 2.45) is 0 Å². The van der Waals surface area contributed by atoms with Crippen molar-refractivity contribution in [1.82, 2.24) is 14.9 Å². The minimum Gasteiger partial charge on any atom is -0.360 e. The van der Waals surface area contributed by atoms with Crippen LogP contribution in [0.2, 0.25) is 0 Å². The van der Waals surface area contributed by atoms with E-state index in [1.54, 1.807) is 0 Å². The monoisotopic (exact) mass is 361 g/mol. The third-order valence-electron chi connectivity index (χ3n) is 5.45. The van der Waals surface area contributed by atoms with Crippen LogP contribution in [0.5, 0.6) is 0 Å². The van der Waals surface area contributed by atoms with Crippen LogP contribution in [0.3, 0.4) is 0 Å². The van der Waals surface area contributed by atoms with Crippen molar-refractivity contribution in [1.29, 1.82) is 0 Å². The van der Waals surface area contributed by atoms with Gasteiger partial charge in [0.1, 0.15) is 5.82 Å². The molecule has 1 unspecified atom stereocenters. The minimum atomic E-state index is -0.223. The fourth-order valence-electron chi connectivity index (χ4n) is 3.94. The highest BCUT2D eigenvalue weighted by Crippen LogP contribution is 2.40. The van der Waals surface area contributed by atoms with Gasteiger partial charge in [-0.3, -0.25) is 9.88 Å². The fraction of sp³-hybridized carbons (Fsp3) is 0.261. The Morgan fingerprint density at radius 3 is 2.52 bits per heavy atom. The Bertz CT molecular complexity index is 942. The van der Waals surface area contributed by atoms with E-state index >= 15 is 0 Å². The molecule has 4 heteroatoms. The standard InChI is InChI=1S/C23H24FN3/c1-3-27-13-10-19(14-16(27)2)21-15-26-23(18-4-6-20(24)7-5-18)22(21)17-8-11-25-12-9-17/h4-12,15-16,26H,3,13-14H2,1-2H3. The lowest BCUT2D eigenvalue weighted by Gasteiger charge is -2.32. The minimum absolute atomic E-state index is 0.223. The first-order valence-electron chi connectivity index (χ1n) is 9.48. The summed E-state index contributed by atoms with van der Waals surface area (Å²) in [4.78, 5) is 10.1. The molecule has 0 aliphatic carbocycles. The molecule has 1 aliphatic rings. The SMILES string of the molecule is CCN1CC=C(c2c[nH]c(-c3ccc(F)cc3)c2-c2ccncc2)CC1C. The Balaban J connectivity index is 1.83. The van der Waals surface area contributed by atoms with Gasteiger partial charge in [0.05, 0.1) is 5.69 Å². The zero-order valence-corrected chi connectivity index (χ0v) is 15.7. The average molecular weight is 361 g/mol. The molecular formula is C23H24FN3. The van der Waals surface area contributed by atoms with Gasteiger partial charge in [0, 0.05) is 42.3 Å². The summed E-state index contributed by atoms with van der Waals surface area (Å²) in [7, 11) is 0. The van der Waals surface area contributed by atoms with Crippen molar-refractivity contribution >= 4 is 5.57 Å². The van der Waals surface area contributed by atoms with Crippen molar-refractivity contribution in [3.05, 3.63) is 72.4 Å². The highest BCUT2D eigenvalue weighted by atomic mass is 19.1. The van der Waals surface area contributed by atoms with Gasteiger partial charge < -0.3 is 4.98 Å². The molecule has 3 nitrogen and oxygen atoms in total. The van der Waals surface area contributed by atoms with E-state index in [9.17, 15) is 4.39 Å². The number of hydrogen-bond donors (Lipinski definition) is 1. The third kappa shape index (κ3) is 3.45. The van der Waals surface area contributed by atoms with Crippen molar-refractivity contribution in [3.8, 4) is 22.4 Å². The Morgan fingerprint density at radius 2 is 1.85 bits per heavy atom. The Kier molecular flexibility index (Phi) is 4.90. The van der Waals surface area contributed by atoms with Gasteiger partial charge >= 0.3 is 0 Å². The number of benzene rings is 1. The molecule has 3 aromatic rings. The van der Waals surface area contributed by atoms with Crippen molar-refractivity contribution < 1.29 is 4.39 Å². The molecule has 2 aromatic heterocycles. The van der Waals surface area contributed by atoms with Gasteiger partial charge in [-0.15, -0.1) is 0 Å². The van der Waals surface area contributed by atoms with E-state index in [-0.39, 0.29) is 5.82 Å². The molecule has 138 valence electrons. The predicted molar refractivity (Wildman–Crippen MR) is 109 cm³/mol. The smallest absolute Gasteiger partial charge is 0.123 e. The number of rotatable bonds is 4. The molecule has 1 N–H and O–H groups in total. The lowest BCUT2D eigenvalue weighted by atomic mass is 9.90. The molecule has 0 saturated carbocycles. The van der Waals surface area contributed by atoms with E-state index in [4.69, 9.17) is 0 Å². The molecule has 0 radical (unpaired) electrons. The van der Waals surface area contributed by atoms with Crippen molar-refractivity contribution in [3.63, 3.8) is 0 Å². The molecule has 1 atom stereocenters. The van der Waals surface area contributed by atoms with Crippen LogP contribution in [-0.4, -0.2) is 34.0 Å². The molecule has 0 fully saturated rings. The quantitative estimate of drug-likeness (QED) is 0.676. The first kappa shape index (κ1) is 17.7. The van der Waals surface area contributed by atoms with Crippen LogP contribution in [0.4, 0.5) is 4.39 Å². The van der Waals surface area contributed by atoms with Gasteiger partial charge in [-0.25, -0.2) is 4.39 Å². The molecule has 3 heterocycles. The second kappa shape index (κ2) is 7.49. The maximum atomic E-state index is 13.4. The number of aromatic amines is 1. The molecule has 0 amide bonds. The number of hydrogen-bond acceptors (Lipinski definition) is 2. The van der Waals surface area contributed by atoms with E-state index in [0.29, 0.717) is 6.04 Å². The average Bonchev–Trinajstić information content (AvgIpc) is 3.14. The number of H-pyrrole nitrogens is 1. The topological polar surface area (TPSA) is 31.9 Å². The van der Waals surface area contributed by atoms with Gasteiger partial charge in [0.15, 0.2) is 0 Å². The summed E-state index contributed by atoms with van der Waals surface area (Å²) in [6.45, 7) is 6.53. The number of pyridine rings is 1. The molecule has 4 rings (SSSR count). The van der Waals surface area contributed by atoms with E-state index in [0.717, 1.165) is 41.9 Å². The summed E-state index contributed by atoms with van der Waals surface area (Å²) in [6, 6.07) is 11.2. The van der Waals surface area contributed by atoms with Crippen LogP contribution in [0.25, 0.3) is 28.0 Å². The number of nitrogens with one attached hydrogen (secondary N) is 1. The van der Waals surface area contributed by atoms with Crippen LogP contribution >= 0.6 is 0 Å². The first-order chi connectivity index (χ1) is 13.2. The maximum absolute atomic E-state index is 13.4. The Morgan fingerprint density at radius 1 is 1.11 bits per heavy atom. The summed E-state index contributed by atoms with van der Waals surface area (Å²) < 4.78 is 13.4. The Labute approximate surface area is 159 Å². The summed E-state index contributed by atoms with van der Waals surface area (Å²) in [6.07, 6.45) is 9.08. The fourth-order valence-corrected chi connectivity index (χ4v) is 3.94. The zero-order valence-electron chi connectivity index (χ0n) is 15.7. The molecule has 0 spiro atoms. The summed E-state index contributed by atoms with van der Waals surface area (Å²) >= 11 is 0. The zero-order chi connectivity index (χ0) is 18.8. The van der Waals surface area contributed by atoms with Crippen LogP contribution in [0, 0.1) is 5.82 Å². The number of likely N-dealkylation sites (N-methyl/N-ethyl adjacent to an activating group) is 1. The van der Waals surface area contributed by atoms with Gasteiger partial charge in [-0.05, 0) is 73.0 Å². The van der Waals surface area contributed by atoms with E-state index < -0.39 is 0 Å². The molecule has 1 aromatic carbocycles. The second-order valence-electron chi connectivity index (χ2n) is 7.07. The summed E-state index contributed by atoms with van der Waals surface area (Å²) in [5.74, 6) is -0.223. The summed E-state index contributed by atoms with van der Waals surface area (Å²) in [5, 5.41) is 0. The van der Waals surface area contributed by atoms with E-state index in [1.165, 1.54) is 23.3 Å². The van der Waals surface area contributed by atoms with Gasteiger partial charge in [-0.2, -0.15) is 0 Å². The molecule has 1 aliphatic heterocycles. The summed E-state index contributed by atoms with van der Waals surface area (Å²) in [5.41, 5.74) is 6.86. The van der Waals surface area contributed by atoms with Crippen LogP contribution in [-0.2, 0) is 0 Å². The third-order valence-corrected chi connectivity index (χ3v) is 5.45. The highest BCUT2D eigenvalue weighted by molar-refractivity contribution is 5.91. The Hall–Kier alpha value is -2.72. The number of halogens is 1. The van der Waals surface area contributed by atoms with Crippen molar-refractivity contribution in [2.75, 3.05) is 13.1 Å². The van der Waals surface area contributed by atoms with Gasteiger partial charge in [0.2, 0.25) is 0 Å². The molecule has 27 heavy (non-hydrogen) atoms. The maximum Gasteiger partial charge on any atom is 0.123 e. The van der Waals surface area contributed by atoms with Gasteiger partial charge in [0.25, 0.3) is 0 Å². The van der Waals surface area contributed by atoms with Crippen LogP contribution in [0.1, 0.15) is 25.8 Å². The molecule has 0 saturated heterocycles. The molecular weight excluding hydrogens is 337 g/mol. The highest BCUT2D eigenvalue weighted by Gasteiger charge is 2.23. The van der Waals surface area contributed by atoms with Crippen LogP contribution in [0.15, 0.2) is 61.1 Å². The lowest BCUT2D eigenvalue weighted by molar-refractivity contribution is 0.238. The van der Waals surface area contributed by atoms with Crippen LogP contribution < -0.4 is 0 Å².